The fraction of sp³-hybridized carbons (Fsp3) is 0.462. The lowest BCUT2D eigenvalue weighted by Gasteiger charge is -2.08. The standard InChI is InChI=1S/C13H16F2N2O/c14-11-2-1-3-12(15)10(11)8-16-6-7-17-13(18)9-4-5-9/h1-3,9,16H,4-8H2,(H,17,18). The summed E-state index contributed by atoms with van der Waals surface area (Å²) in [7, 11) is 0. The molecule has 0 spiro atoms. The second-order valence-electron chi connectivity index (χ2n) is 4.44. The van der Waals surface area contributed by atoms with Gasteiger partial charge in [0.2, 0.25) is 5.91 Å². The van der Waals surface area contributed by atoms with Crippen LogP contribution in [0.5, 0.6) is 0 Å². The summed E-state index contributed by atoms with van der Waals surface area (Å²) in [5.74, 6) is -0.836. The summed E-state index contributed by atoms with van der Waals surface area (Å²) in [5, 5.41) is 5.67. The van der Waals surface area contributed by atoms with Crippen LogP contribution in [0.2, 0.25) is 0 Å². The van der Waals surface area contributed by atoms with Crippen LogP contribution in [0.25, 0.3) is 0 Å². The van der Waals surface area contributed by atoms with Crippen LogP contribution in [0.15, 0.2) is 18.2 Å². The average molecular weight is 254 g/mol. The summed E-state index contributed by atoms with van der Waals surface area (Å²) in [6.07, 6.45) is 1.94. The van der Waals surface area contributed by atoms with Crippen molar-refractivity contribution < 1.29 is 13.6 Å². The summed E-state index contributed by atoms with van der Waals surface area (Å²) >= 11 is 0. The van der Waals surface area contributed by atoms with E-state index in [1.165, 1.54) is 18.2 Å². The molecule has 2 rings (SSSR count). The molecule has 1 aliphatic carbocycles. The molecular weight excluding hydrogens is 238 g/mol. The molecule has 0 bridgehead atoms. The van der Waals surface area contributed by atoms with Gasteiger partial charge in [-0.25, -0.2) is 8.78 Å². The van der Waals surface area contributed by atoms with Crippen molar-refractivity contribution in [3.8, 4) is 0 Å². The van der Waals surface area contributed by atoms with E-state index in [0.29, 0.717) is 13.1 Å². The van der Waals surface area contributed by atoms with Crippen molar-refractivity contribution in [3.05, 3.63) is 35.4 Å². The number of carbonyl (C=O) groups excluding carboxylic acids is 1. The van der Waals surface area contributed by atoms with Gasteiger partial charge in [-0.2, -0.15) is 0 Å². The molecule has 0 radical (unpaired) electrons. The highest BCUT2D eigenvalue weighted by molar-refractivity contribution is 5.80. The third kappa shape index (κ3) is 3.50. The minimum atomic E-state index is -0.551. The first kappa shape index (κ1) is 13.0. The summed E-state index contributed by atoms with van der Waals surface area (Å²) < 4.78 is 26.5. The molecule has 1 aromatic carbocycles. The van der Waals surface area contributed by atoms with E-state index < -0.39 is 11.6 Å². The lowest BCUT2D eigenvalue weighted by atomic mass is 10.2. The highest BCUT2D eigenvalue weighted by atomic mass is 19.1. The van der Waals surface area contributed by atoms with Crippen LogP contribution < -0.4 is 10.6 Å². The number of halogens is 2. The highest BCUT2D eigenvalue weighted by Gasteiger charge is 2.28. The van der Waals surface area contributed by atoms with Crippen molar-refractivity contribution in [3.63, 3.8) is 0 Å². The van der Waals surface area contributed by atoms with Gasteiger partial charge in [-0.15, -0.1) is 0 Å². The second kappa shape index (κ2) is 5.91. The topological polar surface area (TPSA) is 41.1 Å². The van der Waals surface area contributed by atoms with Gasteiger partial charge in [0.05, 0.1) is 0 Å². The molecule has 3 nitrogen and oxygen atoms in total. The third-order valence-corrected chi connectivity index (χ3v) is 2.91. The minimum absolute atomic E-state index is 0.0334. The van der Waals surface area contributed by atoms with Gasteiger partial charge in [-0.05, 0) is 25.0 Å². The summed E-state index contributed by atoms with van der Waals surface area (Å²) in [4.78, 5) is 11.3. The number of hydrogen-bond donors (Lipinski definition) is 2. The molecular formula is C13H16F2N2O. The van der Waals surface area contributed by atoms with E-state index >= 15 is 0 Å². The number of carbonyl (C=O) groups is 1. The van der Waals surface area contributed by atoms with Gasteiger partial charge in [-0.1, -0.05) is 6.07 Å². The second-order valence-corrected chi connectivity index (χ2v) is 4.44. The Morgan fingerprint density at radius 2 is 1.89 bits per heavy atom. The zero-order valence-electron chi connectivity index (χ0n) is 10.0. The fourth-order valence-electron chi connectivity index (χ4n) is 1.68. The average Bonchev–Trinajstić information content (AvgIpc) is 3.15. The number of benzene rings is 1. The van der Waals surface area contributed by atoms with Crippen molar-refractivity contribution in [2.75, 3.05) is 13.1 Å². The monoisotopic (exact) mass is 254 g/mol. The quantitative estimate of drug-likeness (QED) is 0.757. The summed E-state index contributed by atoms with van der Waals surface area (Å²) in [6.45, 7) is 1.09. The molecule has 0 aromatic heterocycles. The number of rotatable bonds is 6. The first-order chi connectivity index (χ1) is 8.68. The molecule has 0 saturated heterocycles. The maximum atomic E-state index is 13.3. The molecule has 1 fully saturated rings. The summed E-state index contributed by atoms with van der Waals surface area (Å²) in [5.41, 5.74) is 0.0334. The van der Waals surface area contributed by atoms with Crippen LogP contribution in [0.3, 0.4) is 0 Å². The van der Waals surface area contributed by atoms with Gasteiger partial charge < -0.3 is 10.6 Å². The lowest BCUT2D eigenvalue weighted by Crippen LogP contribution is -2.32. The maximum Gasteiger partial charge on any atom is 0.223 e. The first-order valence-electron chi connectivity index (χ1n) is 6.10. The molecule has 1 aromatic rings. The number of nitrogens with one attached hydrogen (secondary N) is 2. The Kier molecular flexibility index (Phi) is 4.25. The van der Waals surface area contributed by atoms with Crippen LogP contribution in [0, 0.1) is 17.6 Å². The van der Waals surface area contributed by atoms with E-state index in [4.69, 9.17) is 0 Å². The minimum Gasteiger partial charge on any atom is -0.355 e. The van der Waals surface area contributed by atoms with Crippen molar-refractivity contribution >= 4 is 5.91 Å². The van der Waals surface area contributed by atoms with Gasteiger partial charge in [-0.3, -0.25) is 4.79 Å². The zero-order chi connectivity index (χ0) is 13.0. The molecule has 0 heterocycles. The van der Waals surface area contributed by atoms with Crippen LogP contribution >= 0.6 is 0 Å². The van der Waals surface area contributed by atoms with Gasteiger partial charge in [0.25, 0.3) is 0 Å². The fourth-order valence-corrected chi connectivity index (χ4v) is 1.68. The molecule has 0 atom stereocenters. The third-order valence-electron chi connectivity index (χ3n) is 2.91. The normalized spacial score (nSPS) is 14.6. The predicted octanol–water partition coefficient (Wildman–Crippen LogP) is 1.58. The Labute approximate surface area is 105 Å². The van der Waals surface area contributed by atoms with Crippen molar-refractivity contribution in [1.82, 2.24) is 10.6 Å². The van der Waals surface area contributed by atoms with E-state index in [1.54, 1.807) is 0 Å². The Morgan fingerprint density at radius 1 is 1.22 bits per heavy atom. The van der Waals surface area contributed by atoms with Crippen LogP contribution in [0.4, 0.5) is 8.78 Å². The van der Waals surface area contributed by atoms with E-state index in [2.05, 4.69) is 10.6 Å². The van der Waals surface area contributed by atoms with E-state index in [-0.39, 0.29) is 23.9 Å². The molecule has 1 aliphatic rings. The van der Waals surface area contributed by atoms with Gasteiger partial charge in [0.1, 0.15) is 11.6 Å². The molecule has 2 N–H and O–H groups in total. The van der Waals surface area contributed by atoms with E-state index in [0.717, 1.165) is 12.8 Å². The van der Waals surface area contributed by atoms with Crippen LogP contribution in [0.1, 0.15) is 18.4 Å². The molecule has 1 saturated carbocycles. The predicted molar refractivity (Wildman–Crippen MR) is 63.8 cm³/mol. The molecule has 1 amide bonds. The van der Waals surface area contributed by atoms with E-state index in [1.807, 2.05) is 0 Å². The zero-order valence-corrected chi connectivity index (χ0v) is 10.0. The summed E-state index contributed by atoms with van der Waals surface area (Å²) in [6, 6.07) is 3.80. The van der Waals surface area contributed by atoms with Crippen LogP contribution in [-0.2, 0) is 11.3 Å². The van der Waals surface area contributed by atoms with Crippen molar-refractivity contribution in [2.45, 2.75) is 19.4 Å². The maximum absolute atomic E-state index is 13.3. The SMILES string of the molecule is O=C(NCCNCc1c(F)cccc1F)C1CC1. The van der Waals surface area contributed by atoms with Gasteiger partial charge in [0, 0.05) is 31.1 Å². The lowest BCUT2D eigenvalue weighted by molar-refractivity contribution is -0.122. The molecule has 0 unspecified atom stereocenters. The molecule has 5 heteroatoms. The van der Waals surface area contributed by atoms with Crippen molar-refractivity contribution in [1.29, 1.82) is 0 Å². The van der Waals surface area contributed by atoms with Crippen molar-refractivity contribution in [2.24, 2.45) is 5.92 Å². The molecule has 18 heavy (non-hydrogen) atoms. The highest BCUT2D eigenvalue weighted by Crippen LogP contribution is 2.28. The van der Waals surface area contributed by atoms with Gasteiger partial charge in [0.15, 0.2) is 0 Å². The Hall–Kier alpha value is -1.49. The smallest absolute Gasteiger partial charge is 0.223 e. The first-order valence-corrected chi connectivity index (χ1v) is 6.10. The largest absolute Gasteiger partial charge is 0.355 e. The molecule has 0 aliphatic heterocycles. The number of amides is 1. The Balaban J connectivity index is 1.67. The Bertz CT molecular complexity index is 413. The van der Waals surface area contributed by atoms with E-state index in [9.17, 15) is 13.6 Å². The Morgan fingerprint density at radius 3 is 2.50 bits per heavy atom. The van der Waals surface area contributed by atoms with Gasteiger partial charge >= 0.3 is 0 Å². The van der Waals surface area contributed by atoms with Crippen LogP contribution in [-0.4, -0.2) is 19.0 Å². The molecule has 98 valence electrons. The number of hydrogen-bond acceptors (Lipinski definition) is 2.